The Morgan fingerprint density at radius 2 is 1.92 bits per heavy atom. The first kappa shape index (κ1) is 18.3. The van der Waals surface area contributed by atoms with Crippen LogP contribution < -0.4 is 5.32 Å². The molecule has 0 unspecified atom stereocenters. The molecule has 4 heteroatoms. The fourth-order valence-electron chi connectivity index (χ4n) is 6.88. The summed E-state index contributed by atoms with van der Waals surface area (Å²) in [5, 5.41) is 2.86. The first-order chi connectivity index (χ1) is 12.3. The van der Waals surface area contributed by atoms with E-state index in [2.05, 4.69) is 42.0 Å². The van der Waals surface area contributed by atoms with Crippen molar-refractivity contribution < 1.29 is 9.53 Å². The Kier molecular flexibility index (Phi) is 4.41. The van der Waals surface area contributed by atoms with Crippen molar-refractivity contribution >= 4 is 27.7 Å². The van der Waals surface area contributed by atoms with Crippen LogP contribution in [0.1, 0.15) is 59.3 Å². The molecule has 142 valence electrons. The monoisotopic (exact) mass is 419 g/mol. The van der Waals surface area contributed by atoms with E-state index in [-0.39, 0.29) is 6.09 Å². The highest BCUT2D eigenvalue weighted by molar-refractivity contribution is 9.10. The van der Waals surface area contributed by atoms with Crippen molar-refractivity contribution in [2.75, 3.05) is 11.9 Å². The van der Waals surface area contributed by atoms with Crippen molar-refractivity contribution in [3.05, 3.63) is 28.7 Å². The summed E-state index contributed by atoms with van der Waals surface area (Å²) in [6.45, 7) is 7.92. The summed E-state index contributed by atoms with van der Waals surface area (Å²) in [6, 6.07) is 7.60. The first-order valence-electron chi connectivity index (χ1n) is 9.96. The van der Waals surface area contributed by atoms with Crippen LogP contribution in [-0.4, -0.2) is 12.7 Å². The minimum atomic E-state index is -0.330. The van der Waals surface area contributed by atoms with E-state index >= 15 is 0 Å². The SMILES string of the molecule is CC1(C)CCC[C@H]2C[C@]3(C)CC[C@@]21[C@@H]3COC(=O)Nc1ccc(Br)cc1. The second-order valence-electron chi connectivity index (χ2n) is 9.65. The predicted molar refractivity (Wildman–Crippen MR) is 108 cm³/mol. The zero-order valence-electron chi connectivity index (χ0n) is 16.1. The number of anilines is 1. The second kappa shape index (κ2) is 6.25. The number of halogens is 1. The molecule has 1 aromatic rings. The Labute approximate surface area is 165 Å². The van der Waals surface area contributed by atoms with E-state index in [1.165, 1.54) is 38.5 Å². The van der Waals surface area contributed by atoms with Crippen molar-refractivity contribution in [2.45, 2.75) is 59.3 Å². The van der Waals surface area contributed by atoms with Gasteiger partial charge in [-0.3, -0.25) is 5.32 Å². The number of hydrogen-bond donors (Lipinski definition) is 1. The molecule has 2 bridgehead atoms. The molecule has 1 spiro atoms. The molecule has 3 nitrogen and oxygen atoms in total. The molecule has 4 atom stereocenters. The number of ether oxygens (including phenoxy) is 1. The maximum absolute atomic E-state index is 12.4. The average molecular weight is 420 g/mol. The predicted octanol–water partition coefficient (Wildman–Crippen LogP) is 6.63. The van der Waals surface area contributed by atoms with Gasteiger partial charge in [-0.05, 0) is 78.5 Å². The fourth-order valence-corrected chi connectivity index (χ4v) is 7.15. The summed E-state index contributed by atoms with van der Waals surface area (Å²) < 4.78 is 6.78. The van der Waals surface area contributed by atoms with E-state index in [1.807, 2.05) is 24.3 Å². The van der Waals surface area contributed by atoms with Gasteiger partial charge in [0.05, 0.1) is 6.61 Å². The van der Waals surface area contributed by atoms with E-state index in [0.29, 0.717) is 28.8 Å². The summed E-state index contributed by atoms with van der Waals surface area (Å²) in [6.07, 6.45) is 7.61. The van der Waals surface area contributed by atoms with Crippen LogP contribution in [0.15, 0.2) is 28.7 Å². The molecule has 1 aromatic carbocycles. The zero-order valence-corrected chi connectivity index (χ0v) is 17.7. The second-order valence-corrected chi connectivity index (χ2v) is 10.6. The summed E-state index contributed by atoms with van der Waals surface area (Å²) in [7, 11) is 0. The van der Waals surface area contributed by atoms with Crippen molar-refractivity contribution in [1.29, 1.82) is 0 Å². The lowest BCUT2D eigenvalue weighted by Crippen LogP contribution is -2.48. The third kappa shape index (κ3) is 2.71. The Morgan fingerprint density at radius 3 is 2.65 bits per heavy atom. The maximum Gasteiger partial charge on any atom is 0.411 e. The normalized spacial score (nSPS) is 37.2. The highest BCUT2D eigenvalue weighted by Crippen LogP contribution is 2.76. The number of benzene rings is 1. The number of carbonyl (C=O) groups excluding carboxylic acids is 1. The quantitative estimate of drug-likeness (QED) is 0.596. The number of rotatable bonds is 3. The van der Waals surface area contributed by atoms with Crippen LogP contribution in [0.3, 0.4) is 0 Å². The molecule has 26 heavy (non-hydrogen) atoms. The van der Waals surface area contributed by atoms with Gasteiger partial charge in [-0.25, -0.2) is 4.79 Å². The van der Waals surface area contributed by atoms with E-state index in [4.69, 9.17) is 4.74 Å². The molecule has 0 heterocycles. The standard InChI is InChI=1S/C22H30BrNO2/c1-20(2)10-4-5-15-13-21(3)11-12-22(15,20)18(21)14-26-19(25)24-17-8-6-16(23)7-9-17/h6-9,15,18H,4-5,10-14H2,1-3H3,(H,24,25)/t15-,18+,21-,22-/m0/s1. The van der Waals surface area contributed by atoms with E-state index in [0.717, 1.165) is 16.1 Å². The van der Waals surface area contributed by atoms with Crippen LogP contribution in [0.5, 0.6) is 0 Å². The molecule has 0 aliphatic heterocycles. The third-order valence-corrected chi connectivity index (χ3v) is 8.63. The van der Waals surface area contributed by atoms with E-state index < -0.39 is 0 Å². The Hall–Kier alpha value is -1.03. The number of amides is 1. The largest absolute Gasteiger partial charge is 0.449 e. The molecule has 0 radical (unpaired) electrons. The first-order valence-corrected chi connectivity index (χ1v) is 10.8. The van der Waals surface area contributed by atoms with Gasteiger partial charge in [0.25, 0.3) is 0 Å². The molecule has 0 saturated heterocycles. The fraction of sp³-hybridized carbons (Fsp3) is 0.682. The lowest BCUT2D eigenvalue weighted by molar-refractivity contribution is -0.0647. The average Bonchev–Trinajstić information content (AvgIpc) is 3.00. The molecular formula is C22H30BrNO2. The zero-order chi connectivity index (χ0) is 18.6. The Balaban J connectivity index is 1.47. The van der Waals surface area contributed by atoms with Crippen molar-refractivity contribution in [1.82, 2.24) is 0 Å². The molecule has 3 aliphatic rings. The van der Waals surface area contributed by atoms with Crippen LogP contribution in [-0.2, 0) is 4.74 Å². The summed E-state index contributed by atoms with van der Waals surface area (Å²) in [5.41, 5.74) is 1.82. The summed E-state index contributed by atoms with van der Waals surface area (Å²) >= 11 is 3.41. The minimum Gasteiger partial charge on any atom is -0.449 e. The molecule has 4 rings (SSSR count). The molecule has 1 amide bonds. The molecule has 3 aliphatic carbocycles. The van der Waals surface area contributed by atoms with Crippen LogP contribution in [0.25, 0.3) is 0 Å². The van der Waals surface area contributed by atoms with Gasteiger partial charge in [0.2, 0.25) is 0 Å². The number of hydrogen-bond acceptors (Lipinski definition) is 2. The molecule has 3 saturated carbocycles. The van der Waals surface area contributed by atoms with Gasteiger partial charge < -0.3 is 4.74 Å². The maximum atomic E-state index is 12.4. The summed E-state index contributed by atoms with van der Waals surface area (Å²) in [4.78, 5) is 12.4. The van der Waals surface area contributed by atoms with Crippen LogP contribution in [0.4, 0.5) is 10.5 Å². The smallest absolute Gasteiger partial charge is 0.411 e. The lowest BCUT2D eigenvalue weighted by atomic mass is 9.51. The molecule has 3 fully saturated rings. The van der Waals surface area contributed by atoms with Crippen molar-refractivity contribution in [2.24, 2.45) is 28.1 Å². The van der Waals surface area contributed by atoms with E-state index in [9.17, 15) is 4.79 Å². The third-order valence-electron chi connectivity index (χ3n) is 8.10. The Bertz CT molecular complexity index is 701. The van der Waals surface area contributed by atoms with Gasteiger partial charge in [-0.2, -0.15) is 0 Å². The Morgan fingerprint density at radius 1 is 1.19 bits per heavy atom. The van der Waals surface area contributed by atoms with Gasteiger partial charge in [-0.1, -0.05) is 43.1 Å². The highest BCUT2D eigenvalue weighted by atomic mass is 79.9. The van der Waals surface area contributed by atoms with E-state index in [1.54, 1.807) is 0 Å². The van der Waals surface area contributed by atoms with Gasteiger partial charge in [-0.15, -0.1) is 0 Å². The molecule has 1 N–H and O–H groups in total. The van der Waals surface area contributed by atoms with Gasteiger partial charge in [0, 0.05) is 16.1 Å². The van der Waals surface area contributed by atoms with Crippen LogP contribution >= 0.6 is 15.9 Å². The van der Waals surface area contributed by atoms with Crippen molar-refractivity contribution in [3.8, 4) is 0 Å². The highest BCUT2D eigenvalue weighted by Gasteiger charge is 2.70. The van der Waals surface area contributed by atoms with Gasteiger partial charge in [0.15, 0.2) is 0 Å². The number of fused-ring (bicyclic) bond motifs is 1. The topological polar surface area (TPSA) is 38.3 Å². The minimum absolute atomic E-state index is 0.330. The molecular weight excluding hydrogens is 390 g/mol. The lowest BCUT2D eigenvalue weighted by Gasteiger charge is -2.54. The van der Waals surface area contributed by atoms with Gasteiger partial charge in [0.1, 0.15) is 0 Å². The summed E-state index contributed by atoms with van der Waals surface area (Å²) in [5.74, 6) is 1.30. The van der Waals surface area contributed by atoms with Gasteiger partial charge >= 0.3 is 6.09 Å². The number of nitrogens with one attached hydrogen (secondary N) is 1. The van der Waals surface area contributed by atoms with Crippen molar-refractivity contribution in [3.63, 3.8) is 0 Å². The molecule has 0 aromatic heterocycles. The van der Waals surface area contributed by atoms with Crippen LogP contribution in [0, 0.1) is 28.1 Å². The number of carbonyl (C=O) groups is 1. The van der Waals surface area contributed by atoms with Crippen LogP contribution in [0.2, 0.25) is 0 Å².